The summed E-state index contributed by atoms with van der Waals surface area (Å²) in [5.41, 5.74) is 0.715. The van der Waals surface area contributed by atoms with Gasteiger partial charge < -0.3 is 14.2 Å². The van der Waals surface area contributed by atoms with Gasteiger partial charge >= 0.3 is 6.18 Å². The van der Waals surface area contributed by atoms with Crippen LogP contribution in [0.1, 0.15) is 26.5 Å². The Hall–Kier alpha value is -2.58. The van der Waals surface area contributed by atoms with Gasteiger partial charge in [-0.15, -0.1) is 11.3 Å². The molecule has 29 heavy (non-hydrogen) atoms. The summed E-state index contributed by atoms with van der Waals surface area (Å²) in [6, 6.07) is 12.6. The normalized spacial score (nSPS) is 11.6. The lowest BCUT2D eigenvalue weighted by Crippen LogP contribution is -2.33. The first-order chi connectivity index (χ1) is 13.9. The average molecular weight is 422 g/mol. The predicted molar refractivity (Wildman–Crippen MR) is 106 cm³/mol. The molecule has 0 saturated carbocycles. The number of benzene rings is 1. The molecule has 0 fully saturated rings. The monoisotopic (exact) mass is 422 g/mol. The molecule has 0 aliphatic heterocycles. The molecule has 0 aliphatic carbocycles. The molecule has 0 atom stereocenters. The van der Waals surface area contributed by atoms with Crippen LogP contribution in [0.25, 0.3) is 0 Å². The van der Waals surface area contributed by atoms with E-state index in [1.165, 1.54) is 17.4 Å². The fraction of sp³-hybridized carbons (Fsp3) is 0.286. The Morgan fingerprint density at radius 3 is 2.69 bits per heavy atom. The van der Waals surface area contributed by atoms with E-state index in [0.29, 0.717) is 30.1 Å². The SMILES string of the molecule is COCCN(Cc1cccn1Cc1cccc(C(F)(F)F)c1)C(=O)c1cccs1. The van der Waals surface area contributed by atoms with Gasteiger partial charge in [-0.05, 0) is 41.3 Å². The number of alkyl halides is 3. The zero-order valence-electron chi connectivity index (χ0n) is 15.9. The Bertz CT molecular complexity index is 936. The molecule has 1 amide bonds. The molecule has 0 unspecified atom stereocenters. The quantitative estimate of drug-likeness (QED) is 0.517. The molecule has 154 valence electrons. The summed E-state index contributed by atoms with van der Waals surface area (Å²) in [7, 11) is 1.57. The van der Waals surface area contributed by atoms with E-state index in [9.17, 15) is 18.0 Å². The van der Waals surface area contributed by atoms with Crippen LogP contribution in [0.3, 0.4) is 0 Å². The van der Waals surface area contributed by atoms with Gasteiger partial charge in [-0.3, -0.25) is 4.79 Å². The van der Waals surface area contributed by atoms with E-state index < -0.39 is 11.7 Å². The van der Waals surface area contributed by atoms with Crippen LogP contribution < -0.4 is 0 Å². The van der Waals surface area contributed by atoms with Crippen LogP contribution in [-0.2, 0) is 24.0 Å². The Morgan fingerprint density at radius 2 is 2.00 bits per heavy atom. The highest BCUT2D eigenvalue weighted by atomic mass is 32.1. The third kappa shape index (κ3) is 5.48. The van der Waals surface area contributed by atoms with Crippen molar-refractivity contribution in [2.75, 3.05) is 20.3 Å². The highest BCUT2D eigenvalue weighted by molar-refractivity contribution is 7.12. The van der Waals surface area contributed by atoms with Crippen LogP contribution in [0.15, 0.2) is 60.1 Å². The van der Waals surface area contributed by atoms with Crippen molar-refractivity contribution in [1.82, 2.24) is 9.47 Å². The molecule has 8 heteroatoms. The molecule has 0 bridgehead atoms. The van der Waals surface area contributed by atoms with Gasteiger partial charge in [-0.25, -0.2) is 0 Å². The molecule has 2 aromatic heterocycles. The second-order valence-electron chi connectivity index (χ2n) is 6.52. The van der Waals surface area contributed by atoms with E-state index in [1.807, 2.05) is 28.1 Å². The topological polar surface area (TPSA) is 34.5 Å². The van der Waals surface area contributed by atoms with E-state index in [0.717, 1.165) is 17.8 Å². The van der Waals surface area contributed by atoms with Crippen LogP contribution in [0.2, 0.25) is 0 Å². The average Bonchev–Trinajstić information content (AvgIpc) is 3.36. The molecule has 2 heterocycles. The first-order valence-electron chi connectivity index (χ1n) is 9.00. The van der Waals surface area contributed by atoms with Crippen LogP contribution >= 0.6 is 11.3 Å². The van der Waals surface area contributed by atoms with E-state index in [2.05, 4.69) is 0 Å². The van der Waals surface area contributed by atoms with E-state index in [4.69, 9.17) is 4.74 Å². The summed E-state index contributed by atoms with van der Waals surface area (Å²) < 4.78 is 45.9. The maximum atomic E-state index is 13.0. The maximum absolute atomic E-state index is 13.0. The van der Waals surface area contributed by atoms with Gasteiger partial charge in [0, 0.05) is 32.1 Å². The molecule has 0 aliphatic rings. The van der Waals surface area contributed by atoms with Gasteiger partial charge in [-0.1, -0.05) is 18.2 Å². The van der Waals surface area contributed by atoms with E-state index in [1.54, 1.807) is 30.3 Å². The number of hydrogen-bond acceptors (Lipinski definition) is 3. The Morgan fingerprint density at radius 1 is 1.17 bits per heavy atom. The number of methoxy groups -OCH3 is 1. The highest BCUT2D eigenvalue weighted by Gasteiger charge is 2.30. The Labute approximate surface area is 171 Å². The fourth-order valence-electron chi connectivity index (χ4n) is 3.00. The van der Waals surface area contributed by atoms with E-state index >= 15 is 0 Å². The lowest BCUT2D eigenvalue weighted by Gasteiger charge is -2.23. The highest BCUT2D eigenvalue weighted by Crippen LogP contribution is 2.29. The molecule has 1 aromatic carbocycles. The zero-order chi connectivity index (χ0) is 20.9. The van der Waals surface area contributed by atoms with Crippen LogP contribution in [0, 0.1) is 0 Å². The smallest absolute Gasteiger partial charge is 0.383 e. The predicted octanol–water partition coefficient (Wildman–Crippen LogP) is 4.91. The number of hydrogen-bond donors (Lipinski definition) is 0. The van der Waals surface area contributed by atoms with Crippen molar-refractivity contribution in [3.63, 3.8) is 0 Å². The van der Waals surface area contributed by atoms with Crippen molar-refractivity contribution in [2.45, 2.75) is 19.3 Å². The summed E-state index contributed by atoms with van der Waals surface area (Å²) in [6.45, 7) is 1.44. The third-order valence-electron chi connectivity index (χ3n) is 4.47. The van der Waals surface area contributed by atoms with Crippen molar-refractivity contribution in [2.24, 2.45) is 0 Å². The molecule has 0 radical (unpaired) electrons. The number of carbonyl (C=O) groups excluding carboxylic acids is 1. The summed E-state index contributed by atoms with van der Waals surface area (Å²) in [5, 5.41) is 1.85. The lowest BCUT2D eigenvalue weighted by atomic mass is 10.1. The molecule has 0 N–H and O–H groups in total. The van der Waals surface area contributed by atoms with Crippen molar-refractivity contribution >= 4 is 17.2 Å². The molecule has 4 nitrogen and oxygen atoms in total. The van der Waals surface area contributed by atoms with Gasteiger partial charge in [0.05, 0.1) is 23.6 Å². The summed E-state index contributed by atoms with van der Waals surface area (Å²) in [4.78, 5) is 15.1. The van der Waals surface area contributed by atoms with Crippen molar-refractivity contribution in [3.8, 4) is 0 Å². The lowest BCUT2D eigenvalue weighted by molar-refractivity contribution is -0.137. The van der Waals surface area contributed by atoms with Gasteiger partial charge in [0.1, 0.15) is 0 Å². The van der Waals surface area contributed by atoms with E-state index in [-0.39, 0.29) is 12.5 Å². The summed E-state index contributed by atoms with van der Waals surface area (Å²) >= 11 is 1.37. The van der Waals surface area contributed by atoms with Gasteiger partial charge in [-0.2, -0.15) is 13.2 Å². The standard InChI is InChI=1S/C21H21F3N2O2S/c1-28-11-10-26(20(27)19-8-4-12-29-19)15-18-7-3-9-25(18)14-16-5-2-6-17(13-16)21(22,23)24/h2-9,12-13H,10-11,14-15H2,1H3. The molecular formula is C21H21F3N2O2S. The number of halogens is 3. The number of amides is 1. The first-order valence-corrected chi connectivity index (χ1v) is 9.88. The molecule has 0 spiro atoms. The maximum Gasteiger partial charge on any atom is 0.416 e. The molecule has 0 saturated heterocycles. The van der Waals surface area contributed by atoms with Crippen LogP contribution in [0.5, 0.6) is 0 Å². The number of thiophene rings is 1. The summed E-state index contributed by atoms with van der Waals surface area (Å²) in [5.74, 6) is -0.0936. The summed E-state index contributed by atoms with van der Waals surface area (Å²) in [6.07, 6.45) is -2.57. The number of nitrogens with zero attached hydrogens (tertiary/aromatic N) is 2. The number of carbonyl (C=O) groups is 1. The van der Waals surface area contributed by atoms with Crippen LogP contribution in [-0.4, -0.2) is 35.6 Å². The minimum atomic E-state index is -4.38. The fourth-order valence-corrected chi connectivity index (χ4v) is 3.69. The van der Waals surface area contributed by atoms with Gasteiger partial charge in [0.25, 0.3) is 5.91 Å². The second-order valence-corrected chi connectivity index (χ2v) is 7.47. The minimum Gasteiger partial charge on any atom is -0.383 e. The minimum absolute atomic E-state index is 0.0936. The second kappa shape index (κ2) is 9.28. The molecular weight excluding hydrogens is 401 g/mol. The first kappa shape index (κ1) is 21.1. The van der Waals surface area contributed by atoms with Crippen molar-refractivity contribution < 1.29 is 22.7 Å². The van der Waals surface area contributed by atoms with Crippen molar-refractivity contribution in [3.05, 3.63) is 81.8 Å². The largest absolute Gasteiger partial charge is 0.416 e. The number of rotatable bonds is 8. The zero-order valence-corrected chi connectivity index (χ0v) is 16.7. The molecule has 3 rings (SSSR count). The number of ether oxygens (including phenoxy) is 1. The molecule has 3 aromatic rings. The van der Waals surface area contributed by atoms with Gasteiger partial charge in [0.15, 0.2) is 0 Å². The third-order valence-corrected chi connectivity index (χ3v) is 5.33. The van der Waals surface area contributed by atoms with Gasteiger partial charge in [0.2, 0.25) is 0 Å². The van der Waals surface area contributed by atoms with Crippen LogP contribution in [0.4, 0.5) is 13.2 Å². The Kier molecular flexibility index (Phi) is 6.76. The Balaban J connectivity index is 1.78. The number of aromatic nitrogens is 1. The van der Waals surface area contributed by atoms with Crippen molar-refractivity contribution in [1.29, 1.82) is 0 Å².